The van der Waals surface area contributed by atoms with Crippen molar-refractivity contribution in [2.24, 2.45) is 0 Å². The van der Waals surface area contributed by atoms with Gasteiger partial charge in [-0.05, 0) is 25.0 Å². The number of aryl methyl sites for hydroxylation is 2. The summed E-state index contributed by atoms with van der Waals surface area (Å²) in [6.45, 7) is 3.77. The summed E-state index contributed by atoms with van der Waals surface area (Å²) in [6, 6.07) is 1.85. The van der Waals surface area contributed by atoms with E-state index < -0.39 is 6.10 Å². The first-order chi connectivity index (χ1) is 7.58. The highest BCUT2D eigenvalue weighted by Crippen LogP contribution is 2.22. The van der Waals surface area contributed by atoms with Gasteiger partial charge in [0.2, 0.25) is 0 Å². The van der Waals surface area contributed by atoms with E-state index in [-0.39, 0.29) is 19.1 Å². The van der Waals surface area contributed by atoms with Gasteiger partial charge in [0.05, 0.1) is 17.6 Å². The number of hydrogen-bond acceptors (Lipinski definition) is 4. The minimum atomic E-state index is -0.893. The lowest BCUT2D eigenvalue weighted by molar-refractivity contribution is 0.0804. The lowest BCUT2D eigenvalue weighted by atomic mass is 10.2. The van der Waals surface area contributed by atoms with Gasteiger partial charge < -0.3 is 15.5 Å². The van der Waals surface area contributed by atoms with Crippen LogP contribution in [-0.2, 0) is 6.42 Å². The van der Waals surface area contributed by atoms with E-state index >= 15 is 0 Å². The molecule has 1 unspecified atom stereocenters. The van der Waals surface area contributed by atoms with Gasteiger partial charge in [0.15, 0.2) is 0 Å². The molecule has 1 rings (SSSR count). The Labute approximate surface area is 98.9 Å². The molecule has 1 heterocycles. The van der Waals surface area contributed by atoms with Crippen molar-refractivity contribution in [3.8, 4) is 0 Å². The third-order valence-corrected chi connectivity index (χ3v) is 3.65. The van der Waals surface area contributed by atoms with Gasteiger partial charge in [0, 0.05) is 11.4 Å². The van der Waals surface area contributed by atoms with Crippen LogP contribution in [0.25, 0.3) is 0 Å². The molecule has 1 amide bonds. The predicted octanol–water partition coefficient (Wildman–Crippen LogP) is 0.702. The Kier molecular flexibility index (Phi) is 4.92. The van der Waals surface area contributed by atoms with Crippen LogP contribution in [-0.4, -0.2) is 35.4 Å². The first kappa shape index (κ1) is 13.2. The van der Waals surface area contributed by atoms with Crippen molar-refractivity contribution in [1.29, 1.82) is 0 Å². The lowest BCUT2D eigenvalue weighted by Gasteiger charge is -2.07. The van der Waals surface area contributed by atoms with Gasteiger partial charge in [-0.3, -0.25) is 4.79 Å². The fourth-order valence-corrected chi connectivity index (χ4v) is 2.38. The molecule has 0 spiro atoms. The van der Waals surface area contributed by atoms with E-state index in [1.807, 2.05) is 13.0 Å². The summed E-state index contributed by atoms with van der Waals surface area (Å²) >= 11 is 1.47. The van der Waals surface area contributed by atoms with E-state index in [2.05, 4.69) is 12.2 Å². The van der Waals surface area contributed by atoms with Gasteiger partial charge >= 0.3 is 0 Å². The van der Waals surface area contributed by atoms with Crippen molar-refractivity contribution in [2.45, 2.75) is 26.4 Å². The maximum absolute atomic E-state index is 11.7. The zero-order valence-corrected chi connectivity index (χ0v) is 10.3. The molecule has 90 valence electrons. The molecule has 0 aliphatic carbocycles. The monoisotopic (exact) mass is 243 g/mol. The van der Waals surface area contributed by atoms with Crippen LogP contribution in [0.4, 0.5) is 0 Å². The normalized spacial score (nSPS) is 12.5. The molecule has 0 saturated heterocycles. The second-order valence-electron chi connectivity index (χ2n) is 3.62. The zero-order chi connectivity index (χ0) is 12.1. The molecule has 0 radical (unpaired) electrons. The van der Waals surface area contributed by atoms with Gasteiger partial charge in [-0.1, -0.05) is 6.92 Å². The Bertz CT molecular complexity index is 362. The molecule has 4 nitrogen and oxygen atoms in total. The molecule has 0 saturated carbocycles. The van der Waals surface area contributed by atoms with Crippen molar-refractivity contribution in [2.75, 3.05) is 13.2 Å². The van der Waals surface area contributed by atoms with Crippen LogP contribution in [0, 0.1) is 6.92 Å². The Morgan fingerprint density at radius 2 is 2.31 bits per heavy atom. The highest BCUT2D eigenvalue weighted by Gasteiger charge is 2.12. The van der Waals surface area contributed by atoms with Crippen LogP contribution in [0.15, 0.2) is 6.07 Å². The van der Waals surface area contributed by atoms with Gasteiger partial charge in [-0.25, -0.2) is 0 Å². The zero-order valence-electron chi connectivity index (χ0n) is 9.49. The summed E-state index contributed by atoms with van der Waals surface area (Å²) in [4.78, 5) is 13.5. The van der Waals surface area contributed by atoms with Crippen molar-refractivity contribution >= 4 is 17.2 Å². The minimum Gasteiger partial charge on any atom is -0.394 e. The third kappa shape index (κ3) is 3.30. The molecular weight excluding hydrogens is 226 g/mol. The van der Waals surface area contributed by atoms with E-state index in [1.54, 1.807) is 0 Å². The number of nitrogens with one attached hydrogen (secondary N) is 1. The molecule has 0 fully saturated rings. The van der Waals surface area contributed by atoms with Crippen LogP contribution in [0.1, 0.15) is 27.0 Å². The van der Waals surface area contributed by atoms with E-state index in [0.717, 1.165) is 12.0 Å². The highest BCUT2D eigenvalue weighted by molar-refractivity contribution is 7.14. The fourth-order valence-electron chi connectivity index (χ4n) is 1.34. The smallest absolute Gasteiger partial charge is 0.261 e. The summed E-state index contributed by atoms with van der Waals surface area (Å²) in [5.74, 6) is -0.194. The van der Waals surface area contributed by atoms with Crippen molar-refractivity contribution in [1.82, 2.24) is 5.32 Å². The topological polar surface area (TPSA) is 69.6 Å². The number of hydrogen-bond donors (Lipinski definition) is 3. The molecular formula is C11H17NO3S. The molecule has 1 atom stereocenters. The van der Waals surface area contributed by atoms with E-state index in [4.69, 9.17) is 10.2 Å². The SMILES string of the molecule is CCc1sc(C(=O)NCC(O)CO)cc1C. The van der Waals surface area contributed by atoms with E-state index in [9.17, 15) is 4.79 Å². The third-order valence-electron chi connectivity index (χ3n) is 2.27. The molecule has 5 heteroatoms. The number of aliphatic hydroxyl groups is 2. The quantitative estimate of drug-likeness (QED) is 0.713. The van der Waals surface area contributed by atoms with Gasteiger partial charge in [0.1, 0.15) is 0 Å². The maximum Gasteiger partial charge on any atom is 0.261 e. The van der Waals surface area contributed by atoms with Crippen LogP contribution >= 0.6 is 11.3 Å². The predicted molar refractivity (Wildman–Crippen MR) is 63.9 cm³/mol. The Hall–Kier alpha value is -0.910. The summed E-state index contributed by atoms with van der Waals surface area (Å²) in [7, 11) is 0. The Balaban J connectivity index is 2.59. The fraction of sp³-hybridized carbons (Fsp3) is 0.545. The van der Waals surface area contributed by atoms with Gasteiger partial charge in [0.25, 0.3) is 5.91 Å². The Morgan fingerprint density at radius 1 is 1.62 bits per heavy atom. The summed E-state index contributed by atoms with van der Waals surface area (Å²) in [6.07, 6.45) is 0.0268. The van der Waals surface area contributed by atoms with Gasteiger partial charge in [-0.2, -0.15) is 0 Å². The first-order valence-electron chi connectivity index (χ1n) is 5.24. The van der Waals surface area contributed by atoms with Crippen molar-refractivity contribution in [3.63, 3.8) is 0 Å². The van der Waals surface area contributed by atoms with Gasteiger partial charge in [-0.15, -0.1) is 11.3 Å². The molecule has 1 aromatic rings. The molecule has 1 aromatic heterocycles. The Morgan fingerprint density at radius 3 is 2.81 bits per heavy atom. The number of carbonyl (C=O) groups is 1. The molecule has 0 aromatic carbocycles. The molecule has 3 N–H and O–H groups in total. The molecule has 0 aliphatic rings. The van der Waals surface area contributed by atoms with Crippen molar-refractivity contribution < 1.29 is 15.0 Å². The van der Waals surface area contributed by atoms with Crippen LogP contribution in [0.2, 0.25) is 0 Å². The van der Waals surface area contributed by atoms with Crippen molar-refractivity contribution in [3.05, 3.63) is 21.4 Å². The largest absolute Gasteiger partial charge is 0.394 e. The second kappa shape index (κ2) is 5.98. The number of aliphatic hydroxyl groups excluding tert-OH is 2. The summed E-state index contributed by atoms with van der Waals surface area (Å²) in [5.41, 5.74) is 1.13. The minimum absolute atomic E-state index is 0.0771. The average Bonchev–Trinajstić information content (AvgIpc) is 2.66. The highest BCUT2D eigenvalue weighted by atomic mass is 32.1. The number of amides is 1. The van der Waals surface area contributed by atoms with E-state index in [1.165, 1.54) is 16.2 Å². The number of carbonyl (C=O) groups excluding carboxylic acids is 1. The molecule has 0 bridgehead atoms. The molecule has 16 heavy (non-hydrogen) atoms. The average molecular weight is 243 g/mol. The van der Waals surface area contributed by atoms with Crippen LogP contribution < -0.4 is 5.32 Å². The second-order valence-corrected chi connectivity index (χ2v) is 4.75. The van der Waals surface area contributed by atoms with Crippen LogP contribution in [0.3, 0.4) is 0 Å². The summed E-state index contributed by atoms with van der Waals surface area (Å²) in [5, 5.41) is 20.3. The van der Waals surface area contributed by atoms with Crippen LogP contribution in [0.5, 0.6) is 0 Å². The standard InChI is InChI=1S/C11H17NO3S/c1-3-9-7(2)4-10(16-9)11(15)12-5-8(14)6-13/h4,8,13-14H,3,5-6H2,1-2H3,(H,12,15). The van der Waals surface area contributed by atoms with E-state index in [0.29, 0.717) is 4.88 Å². The number of rotatable bonds is 5. The maximum atomic E-state index is 11.7. The number of thiophene rings is 1. The lowest BCUT2D eigenvalue weighted by Crippen LogP contribution is -2.33. The first-order valence-corrected chi connectivity index (χ1v) is 6.06. The molecule has 0 aliphatic heterocycles. The summed E-state index contributed by atoms with van der Waals surface area (Å²) < 4.78 is 0.